The average Bonchev–Trinajstić information content (AvgIpc) is 2.87. The molecule has 2 aromatic carbocycles. The van der Waals surface area contributed by atoms with Gasteiger partial charge in [0.1, 0.15) is 11.8 Å². The summed E-state index contributed by atoms with van der Waals surface area (Å²) in [6.45, 7) is 6.85. The Hall–Kier alpha value is -3.96. The molecule has 0 amide bonds. The van der Waals surface area contributed by atoms with E-state index >= 15 is 0 Å². The standard InChI is InChI=1S/C27H28N6O3S/c1-19-14-22(16-28)15-20(2)26(19)36-25-9-6-23(17-29)27(31-25)30-24-7-4-21(5-8-24)18-32-10-12-33(13-11-32)37(3,34)35/h4-9,14-15H,10-13,18H2,1-3H3,(H,30,31). The van der Waals surface area contributed by atoms with Gasteiger partial charge in [-0.25, -0.2) is 8.42 Å². The minimum absolute atomic E-state index is 0.335. The first-order valence-electron chi connectivity index (χ1n) is 11.8. The molecule has 4 rings (SSSR count). The van der Waals surface area contributed by atoms with E-state index in [4.69, 9.17) is 4.74 Å². The zero-order valence-corrected chi connectivity index (χ0v) is 21.8. The van der Waals surface area contributed by atoms with Gasteiger partial charge in [-0.1, -0.05) is 12.1 Å². The van der Waals surface area contributed by atoms with Gasteiger partial charge in [0, 0.05) is 44.5 Å². The predicted molar refractivity (Wildman–Crippen MR) is 141 cm³/mol. The van der Waals surface area contributed by atoms with Crippen molar-refractivity contribution in [2.75, 3.05) is 37.8 Å². The minimum Gasteiger partial charge on any atom is -0.438 e. The van der Waals surface area contributed by atoms with Crippen molar-refractivity contribution in [1.29, 1.82) is 10.5 Å². The van der Waals surface area contributed by atoms with Crippen molar-refractivity contribution in [3.8, 4) is 23.8 Å². The predicted octanol–water partition coefficient (Wildman–Crippen LogP) is 4.05. The number of hydrogen-bond donors (Lipinski definition) is 1. The number of benzene rings is 2. The van der Waals surface area contributed by atoms with Crippen LogP contribution < -0.4 is 10.1 Å². The molecule has 3 aromatic rings. The summed E-state index contributed by atoms with van der Waals surface area (Å²) in [5.41, 5.74) is 4.48. The quantitative estimate of drug-likeness (QED) is 0.499. The Morgan fingerprint density at radius 2 is 1.62 bits per heavy atom. The molecular formula is C27H28N6O3S. The third-order valence-corrected chi connectivity index (χ3v) is 7.51. The number of sulfonamides is 1. The van der Waals surface area contributed by atoms with Crippen molar-refractivity contribution >= 4 is 21.5 Å². The normalized spacial score (nSPS) is 14.5. The third kappa shape index (κ3) is 6.43. The van der Waals surface area contributed by atoms with Gasteiger partial charge in [-0.3, -0.25) is 4.90 Å². The summed E-state index contributed by atoms with van der Waals surface area (Å²) in [5, 5.41) is 21.9. The summed E-state index contributed by atoms with van der Waals surface area (Å²) in [5.74, 6) is 1.35. The van der Waals surface area contributed by atoms with Gasteiger partial charge in [-0.2, -0.15) is 19.8 Å². The number of nitriles is 2. The van der Waals surface area contributed by atoms with E-state index in [-0.39, 0.29) is 0 Å². The summed E-state index contributed by atoms with van der Waals surface area (Å²) >= 11 is 0. The summed E-state index contributed by atoms with van der Waals surface area (Å²) < 4.78 is 31.0. The van der Waals surface area contributed by atoms with Crippen LogP contribution in [0.5, 0.6) is 11.6 Å². The van der Waals surface area contributed by atoms with E-state index in [0.29, 0.717) is 54.8 Å². The topological polar surface area (TPSA) is 122 Å². The SMILES string of the molecule is Cc1cc(C#N)cc(C)c1Oc1ccc(C#N)c(Nc2ccc(CN3CCN(S(C)(=O)=O)CC3)cc2)n1. The molecule has 9 nitrogen and oxygen atoms in total. The fraction of sp³-hybridized carbons (Fsp3) is 0.296. The van der Waals surface area contributed by atoms with Crippen molar-refractivity contribution in [2.45, 2.75) is 20.4 Å². The van der Waals surface area contributed by atoms with Crippen molar-refractivity contribution in [1.82, 2.24) is 14.2 Å². The van der Waals surface area contributed by atoms with Crippen LogP contribution in [0, 0.1) is 36.5 Å². The van der Waals surface area contributed by atoms with E-state index in [1.807, 2.05) is 38.1 Å². The van der Waals surface area contributed by atoms with E-state index in [2.05, 4.69) is 27.3 Å². The van der Waals surface area contributed by atoms with Crippen LogP contribution in [0.1, 0.15) is 27.8 Å². The summed E-state index contributed by atoms with van der Waals surface area (Å²) in [6, 6.07) is 19.0. The highest BCUT2D eigenvalue weighted by atomic mass is 32.2. The Balaban J connectivity index is 1.44. The first-order chi connectivity index (χ1) is 17.7. The molecule has 0 atom stereocenters. The fourth-order valence-corrected chi connectivity index (χ4v) is 5.10. The van der Waals surface area contributed by atoms with E-state index < -0.39 is 10.0 Å². The Bertz CT molecular complexity index is 1460. The van der Waals surface area contributed by atoms with Crippen LogP contribution in [0.2, 0.25) is 0 Å². The lowest BCUT2D eigenvalue weighted by Gasteiger charge is -2.33. The number of aryl methyl sites for hydroxylation is 2. The lowest BCUT2D eigenvalue weighted by Crippen LogP contribution is -2.47. The van der Waals surface area contributed by atoms with Crippen LogP contribution in [-0.4, -0.2) is 55.0 Å². The van der Waals surface area contributed by atoms with Gasteiger partial charge in [0.05, 0.1) is 23.5 Å². The van der Waals surface area contributed by atoms with Crippen molar-refractivity contribution in [3.63, 3.8) is 0 Å². The maximum Gasteiger partial charge on any atom is 0.221 e. The summed E-state index contributed by atoms with van der Waals surface area (Å²) in [4.78, 5) is 6.75. The van der Waals surface area contributed by atoms with Crippen LogP contribution in [0.4, 0.5) is 11.5 Å². The molecule has 190 valence electrons. The van der Waals surface area contributed by atoms with E-state index in [1.54, 1.807) is 24.3 Å². The van der Waals surface area contributed by atoms with Gasteiger partial charge in [-0.05, 0) is 60.9 Å². The molecule has 37 heavy (non-hydrogen) atoms. The summed E-state index contributed by atoms with van der Waals surface area (Å²) in [6.07, 6.45) is 1.25. The molecule has 0 unspecified atom stereocenters. The van der Waals surface area contributed by atoms with Crippen LogP contribution in [0.3, 0.4) is 0 Å². The highest BCUT2D eigenvalue weighted by Crippen LogP contribution is 2.31. The first-order valence-corrected chi connectivity index (χ1v) is 13.6. The number of anilines is 2. The Morgan fingerprint density at radius 1 is 0.973 bits per heavy atom. The van der Waals surface area contributed by atoms with Crippen LogP contribution in [0.15, 0.2) is 48.5 Å². The highest BCUT2D eigenvalue weighted by Gasteiger charge is 2.23. The minimum atomic E-state index is -3.14. The largest absolute Gasteiger partial charge is 0.438 e. The number of piperazine rings is 1. The maximum atomic E-state index is 11.7. The molecule has 1 saturated heterocycles. The number of rotatable bonds is 7. The molecule has 1 aromatic heterocycles. The van der Waals surface area contributed by atoms with Crippen LogP contribution >= 0.6 is 0 Å². The zero-order valence-electron chi connectivity index (χ0n) is 21.0. The molecule has 10 heteroatoms. The molecule has 1 fully saturated rings. The molecule has 0 aliphatic carbocycles. The van der Waals surface area contributed by atoms with E-state index in [1.165, 1.54) is 10.6 Å². The number of ether oxygens (including phenoxy) is 1. The molecule has 1 aliphatic heterocycles. The van der Waals surface area contributed by atoms with Crippen molar-refractivity contribution < 1.29 is 13.2 Å². The highest BCUT2D eigenvalue weighted by molar-refractivity contribution is 7.88. The van der Waals surface area contributed by atoms with Gasteiger partial charge in [0.15, 0.2) is 5.82 Å². The zero-order chi connectivity index (χ0) is 26.6. The number of nitrogens with one attached hydrogen (secondary N) is 1. The van der Waals surface area contributed by atoms with Crippen LogP contribution in [0.25, 0.3) is 0 Å². The second kappa shape index (κ2) is 11.0. The van der Waals surface area contributed by atoms with Crippen molar-refractivity contribution in [3.05, 3.63) is 76.3 Å². The molecule has 0 bridgehead atoms. The summed E-state index contributed by atoms with van der Waals surface area (Å²) in [7, 11) is -3.14. The van der Waals surface area contributed by atoms with Crippen LogP contribution in [-0.2, 0) is 16.6 Å². The molecule has 2 heterocycles. The lowest BCUT2D eigenvalue weighted by atomic mass is 10.1. The fourth-order valence-electron chi connectivity index (χ4n) is 4.27. The lowest BCUT2D eigenvalue weighted by molar-refractivity contribution is 0.182. The molecule has 0 spiro atoms. The number of nitrogens with zero attached hydrogens (tertiary/aromatic N) is 5. The Labute approximate surface area is 217 Å². The Kier molecular flexibility index (Phi) is 7.74. The number of aromatic nitrogens is 1. The Morgan fingerprint density at radius 3 is 2.19 bits per heavy atom. The number of hydrogen-bond acceptors (Lipinski definition) is 8. The molecule has 0 radical (unpaired) electrons. The molecule has 1 aliphatic rings. The van der Waals surface area contributed by atoms with E-state index in [9.17, 15) is 18.9 Å². The maximum absolute atomic E-state index is 11.7. The van der Waals surface area contributed by atoms with Gasteiger partial charge < -0.3 is 10.1 Å². The second-order valence-corrected chi connectivity index (χ2v) is 11.1. The van der Waals surface area contributed by atoms with E-state index in [0.717, 1.165) is 28.9 Å². The number of pyridine rings is 1. The monoisotopic (exact) mass is 516 g/mol. The van der Waals surface area contributed by atoms with Gasteiger partial charge in [0.25, 0.3) is 0 Å². The van der Waals surface area contributed by atoms with Gasteiger partial charge >= 0.3 is 0 Å². The molecular weight excluding hydrogens is 488 g/mol. The first kappa shape index (κ1) is 26.1. The third-order valence-electron chi connectivity index (χ3n) is 6.21. The van der Waals surface area contributed by atoms with Gasteiger partial charge in [0.2, 0.25) is 15.9 Å². The van der Waals surface area contributed by atoms with Crippen molar-refractivity contribution in [2.24, 2.45) is 0 Å². The molecule has 1 N–H and O–H groups in total. The molecule has 0 saturated carbocycles. The smallest absolute Gasteiger partial charge is 0.221 e. The van der Waals surface area contributed by atoms with Gasteiger partial charge in [-0.15, -0.1) is 0 Å². The second-order valence-electron chi connectivity index (χ2n) is 9.07. The average molecular weight is 517 g/mol.